The van der Waals surface area contributed by atoms with Gasteiger partial charge in [0.2, 0.25) is 0 Å². The number of rotatable bonds is 10. The highest BCUT2D eigenvalue weighted by Crippen LogP contribution is 2.36. The van der Waals surface area contributed by atoms with Crippen molar-refractivity contribution in [1.29, 1.82) is 0 Å². The summed E-state index contributed by atoms with van der Waals surface area (Å²) in [4.78, 5) is 0. The lowest BCUT2D eigenvalue weighted by molar-refractivity contribution is -0.888. The predicted molar refractivity (Wildman–Crippen MR) is 101 cm³/mol. The molecule has 0 rings (SSSR count). The molecule has 0 fully saturated rings. The van der Waals surface area contributed by atoms with Crippen molar-refractivity contribution < 1.29 is 56.8 Å². The summed E-state index contributed by atoms with van der Waals surface area (Å²) in [5.41, 5.74) is -12.4. The van der Waals surface area contributed by atoms with Gasteiger partial charge in [-0.3, -0.25) is 0 Å². The quantitative estimate of drug-likeness (QED) is 0.192. The fraction of sp³-hybridized carbons (Fsp3) is 1.00. The fourth-order valence-corrected chi connectivity index (χ4v) is 3.60. The Morgan fingerprint density at radius 2 is 1.23 bits per heavy atom. The van der Waals surface area contributed by atoms with Crippen LogP contribution in [0.3, 0.4) is 0 Å². The minimum Gasteiger partial charge on any atom is -0.421 e. The van der Waals surface area contributed by atoms with Crippen LogP contribution in [-0.2, 0) is 29.2 Å². The number of hydrogen-bond acceptors (Lipinski definition) is 6. The topological polar surface area (TPSA) is 101 Å². The van der Waals surface area contributed by atoms with Gasteiger partial charge >= 0.3 is 11.0 Å². The Balaban J connectivity index is 0. The number of hydrogen-bond donors (Lipinski definition) is 0. The summed E-state index contributed by atoms with van der Waals surface area (Å²) in [5.74, 6) is 0. The molecule has 8 nitrogen and oxygen atoms in total. The van der Waals surface area contributed by atoms with E-state index in [1.54, 1.807) is 0 Å². The van der Waals surface area contributed by atoms with E-state index in [9.17, 15) is 43.2 Å². The van der Waals surface area contributed by atoms with E-state index in [1.165, 1.54) is 0 Å². The molecule has 0 aromatic heterocycles. The van der Waals surface area contributed by atoms with Gasteiger partial charge in [0.05, 0.1) is 40.5 Å². The van der Waals surface area contributed by atoms with Crippen molar-refractivity contribution >= 4 is 28.4 Å². The SMILES string of the molecule is CC[N+](C)(C)CCOCCO[Si](C)(C)C.O=S(=O)([N-]S(=O)(=O)C(F)(F)F)C(F)(F)F. The first kappa shape index (κ1) is 31.7. The van der Waals surface area contributed by atoms with E-state index < -0.39 is 39.4 Å². The van der Waals surface area contributed by atoms with Crippen LogP contribution in [-0.4, -0.2) is 87.7 Å². The first-order valence-electron chi connectivity index (χ1n) is 8.38. The molecule has 0 unspecified atom stereocenters. The lowest BCUT2D eigenvalue weighted by Gasteiger charge is -2.28. The number of alkyl halides is 6. The van der Waals surface area contributed by atoms with Crippen LogP contribution in [0.2, 0.25) is 19.6 Å². The molecule has 0 aliphatic heterocycles. The van der Waals surface area contributed by atoms with Crippen molar-refractivity contribution in [3.8, 4) is 0 Å². The molecule has 0 saturated heterocycles. The minimum atomic E-state index is -6.72. The van der Waals surface area contributed by atoms with Crippen LogP contribution in [0.15, 0.2) is 0 Å². The molecule has 0 aliphatic rings. The van der Waals surface area contributed by atoms with Gasteiger partial charge in [0.15, 0.2) is 28.4 Å². The molecule has 0 aliphatic carbocycles. The van der Waals surface area contributed by atoms with Gasteiger partial charge in [-0.25, -0.2) is 16.8 Å². The van der Waals surface area contributed by atoms with E-state index in [4.69, 9.17) is 9.16 Å². The van der Waals surface area contributed by atoms with E-state index >= 15 is 0 Å². The zero-order valence-corrected chi connectivity index (χ0v) is 20.1. The first-order chi connectivity index (χ1) is 13.0. The third-order valence-electron chi connectivity index (χ3n) is 3.24. The molecule has 0 radical (unpaired) electrons. The summed E-state index contributed by atoms with van der Waals surface area (Å²) in [6.07, 6.45) is 0. The average Bonchev–Trinajstić information content (AvgIpc) is 2.47. The van der Waals surface area contributed by atoms with Crippen LogP contribution in [0.25, 0.3) is 4.13 Å². The Hall–Kier alpha value is -0.463. The van der Waals surface area contributed by atoms with Crippen LogP contribution in [0.4, 0.5) is 26.3 Å². The highest BCUT2D eigenvalue weighted by molar-refractivity contribution is 8.13. The predicted octanol–water partition coefficient (Wildman–Crippen LogP) is 3.01. The molecular formula is C13H28F6N2O6S2Si. The minimum absolute atomic E-state index is 0.730. The molecule has 0 heterocycles. The molecule has 0 atom stereocenters. The number of sulfonamides is 2. The monoisotopic (exact) mass is 514 g/mol. The van der Waals surface area contributed by atoms with Crippen molar-refractivity contribution in [2.24, 2.45) is 0 Å². The molecule has 0 spiro atoms. The van der Waals surface area contributed by atoms with Crippen LogP contribution < -0.4 is 0 Å². The van der Waals surface area contributed by atoms with E-state index in [2.05, 4.69) is 40.7 Å². The number of quaternary nitrogens is 1. The maximum atomic E-state index is 11.4. The molecular weight excluding hydrogens is 486 g/mol. The van der Waals surface area contributed by atoms with Gasteiger partial charge in [-0.05, 0) is 26.6 Å². The number of halogens is 6. The standard InChI is InChI=1S/C11H28NO2Si.C2F6NO4S2/c1-7-12(2,3)8-9-13-10-11-14-15(4,5)6;3-1(4,5)14(10,11)9-15(12,13)2(6,7)8/h7-11H2,1-6H3;/q+1;-1. The Bertz CT molecular complexity index is 676. The second-order valence-electron chi connectivity index (χ2n) is 7.46. The molecule has 0 bridgehead atoms. The Morgan fingerprint density at radius 1 is 0.833 bits per heavy atom. The molecule has 0 aromatic rings. The van der Waals surface area contributed by atoms with Crippen LogP contribution in [0, 0.1) is 0 Å². The Labute approximate surface area is 174 Å². The van der Waals surface area contributed by atoms with Crippen LogP contribution >= 0.6 is 0 Å². The zero-order valence-electron chi connectivity index (χ0n) is 17.5. The lowest BCUT2D eigenvalue weighted by Crippen LogP contribution is -2.42. The van der Waals surface area contributed by atoms with Crippen LogP contribution in [0.5, 0.6) is 0 Å². The van der Waals surface area contributed by atoms with Crippen molar-refractivity contribution in [1.82, 2.24) is 0 Å². The second kappa shape index (κ2) is 11.4. The summed E-state index contributed by atoms with van der Waals surface area (Å²) < 4.78 is 121. The van der Waals surface area contributed by atoms with Gasteiger partial charge < -0.3 is 17.8 Å². The van der Waals surface area contributed by atoms with E-state index in [0.717, 1.165) is 41.5 Å². The molecule has 17 heteroatoms. The maximum Gasteiger partial charge on any atom is 0.480 e. The van der Waals surface area contributed by atoms with Crippen LogP contribution in [0.1, 0.15) is 6.92 Å². The van der Waals surface area contributed by atoms with E-state index in [0.29, 0.717) is 0 Å². The van der Waals surface area contributed by atoms with Gasteiger partial charge in [-0.2, -0.15) is 26.3 Å². The van der Waals surface area contributed by atoms with E-state index in [-0.39, 0.29) is 0 Å². The summed E-state index contributed by atoms with van der Waals surface area (Å²) in [5, 5.41) is 0. The molecule has 30 heavy (non-hydrogen) atoms. The number of ether oxygens (including phenoxy) is 1. The lowest BCUT2D eigenvalue weighted by atomic mass is 10.4. The van der Waals surface area contributed by atoms with Crippen molar-refractivity contribution in [3.05, 3.63) is 4.13 Å². The average molecular weight is 515 g/mol. The molecule has 184 valence electrons. The zero-order chi connectivity index (χ0) is 24.7. The van der Waals surface area contributed by atoms with Gasteiger partial charge in [-0.1, -0.05) is 0 Å². The Kier molecular flexibility index (Phi) is 12.1. The van der Waals surface area contributed by atoms with E-state index in [1.807, 2.05) is 0 Å². The number of nitrogens with zero attached hydrogens (tertiary/aromatic N) is 2. The maximum absolute atomic E-state index is 11.4. The highest BCUT2D eigenvalue weighted by atomic mass is 32.3. The fourth-order valence-electron chi connectivity index (χ4n) is 1.19. The van der Waals surface area contributed by atoms with Gasteiger partial charge in [0.25, 0.3) is 0 Å². The Morgan fingerprint density at radius 3 is 1.53 bits per heavy atom. The van der Waals surface area contributed by atoms with Crippen molar-refractivity contribution in [3.63, 3.8) is 0 Å². The summed E-state index contributed by atoms with van der Waals surface area (Å²) in [6.45, 7) is 13.3. The van der Waals surface area contributed by atoms with Crippen molar-refractivity contribution in [2.75, 3.05) is 47.0 Å². The van der Waals surface area contributed by atoms with Crippen molar-refractivity contribution in [2.45, 2.75) is 37.6 Å². The largest absolute Gasteiger partial charge is 0.480 e. The van der Waals surface area contributed by atoms with Gasteiger partial charge in [-0.15, -0.1) is 0 Å². The summed E-state index contributed by atoms with van der Waals surface area (Å²) in [7, 11) is -10.3. The number of likely N-dealkylation sites (N-methyl/N-ethyl adjacent to an activating group) is 1. The highest BCUT2D eigenvalue weighted by Gasteiger charge is 2.46. The second-order valence-corrected chi connectivity index (χ2v) is 15.4. The normalized spacial score (nSPS) is 14.3. The smallest absolute Gasteiger partial charge is 0.421 e. The third kappa shape index (κ3) is 13.8. The molecule has 0 aromatic carbocycles. The van der Waals surface area contributed by atoms with Gasteiger partial charge in [0, 0.05) is 0 Å². The molecule has 0 amide bonds. The first-order valence-corrected chi connectivity index (χ1v) is 14.7. The summed E-state index contributed by atoms with van der Waals surface area (Å²) in [6, 6.07) is 0. The summed E-state index contributed by atoms with van der Waals surface area (Å²) >= 11 is 0. The van der Waals surface area contributed by atoms with Gasteiger partial charge in [0.1, 0.15) is 6.54 Å². The third-order valence-corrected chi connectivity index (χ3v) is 7.05. The molecule has 0 N–H and O–H groups in total. The molecule has 0 saturated carbocycles.